The van der Waals surface area contributed by atoms with Crippen molar-refractivity contribution in [2.75, 3.05) is 13.2 Å². The van der Waals surface area contributed by atoms with Crippen molar-refractivity contribution in [3.05, 3.63) is 35.1 Å². The van der Waals surface area contributed by atoms with Gasteiger partial charge in [0.1, 0.15) is 5.82 Å². The Morgan fingerprint density at radius 3 is 2.84 bits per heavy atom. The Labute approximate surface area is 167 Å². The van der Waals surface area contributed by atoms with Crippen molar-refractivity contribution in [3.8, 4) is 0 Å². The van der Waals surface area contributed by atoms with Crippen molar-refractivity contribution in [2.45, 2.75) is 52.8 Å². The summed E-state index contributed by atoms with van der Waals surface area (Å²) < 4.78 is 19.2. The van der Waals surface area contributed by atoms with Gasteiger partial charge in [0.25, 0.3) is 0 Å². The van der Waals surface area contributed by atoms with Gasteiger partial charge < -0.3 is 15.4 Å². The van der Waals surface area contributed by atoms with Crippen LogP contribution in [0.5, 0.6) is 0 Å². The van der Waals surface area contributed by atoms with Crippen LogP contribution in [0.2, 0.25) is 0 Å². The maximum Gasteiger partial charge on any atom is 0.191 e. The highest BCUT2D eigenvalue weighted by Gasteiger charge is 2.59. The SMILES string of the molecule is CCNC(=NCc1ccc(F)c(C)c1)NC1C2CCOC2C1(C)C.I. The second kappa shape index (κ2) is 8.20. The van der Waals surface area contributed by atoms with Gasteiger partial charge in [0.2, 0.25) is 0 Å². The van der Waals surface area contributed by atoms with E-state index in [0.29, 0.717) is 30.2 Å². The fraction of sp³-hybridized carbons (Fsp3) is 0.632. The first-order valence-electron chi connectivity index (χ1n) is 8.85. The maximum absolute atomic E-state index is 13.4. The van der Waals surface area contributed by atoms with Crippen LogP contribution in [0.4, 0.5) is 4.39 Å². The molecule has 0 bridgehead atoms. The molecule has 0 spiro atoms. The molecule has 2 fully saturated rings. The summed E-state index contributed by atoms with van der Waals surface area (Å²) in [6.45, 7) is 10.6. The van der Waals surface area contributed by atoms with Crippen LogP contribution in [0.25, 0.3) is 0 Å². The number of halogens is 2. The molecule has 3 atom stereocenters. The number of nitrogens with one attached hydrogen (secondary N) is 2. The number of guanidine groups is 1. The summed E-state index contributed by atoms with van der Waals surface area (Å²) in [6.07, 6.45) is 1.47. The topological polar surface area (TPSA) is 45.7 Å². The first-order chi connectivity index (χ1) is 11.4. The predicted molar refractivity (Wildman–Crippen MR) is 110 cm³/mol. The van der Waals surface area contributed by atoms with Crippen LogP contribution >= 0.6 is 24.0 Å². The summed E-state index contributed by atoms with van der Waals surface area (Å²) in [6, 6.07) is 5.54. The summed E-state index contributed by atoms with van der Waals surface area (Å²) in [4.78, 5) is 4.69. The summed E-state index contributed by atoms with van der Waals surface area (Å²) in [5, 5.41) is 6.92. The van der Waals surface area contributed by atoms with Gasteiger partial charge in [-0.2, -0.15) is 0 Å². The van der Waals surface area contributed by atoms with E-state index in [0.717, 1.165) is 31.1 Å². The van der Waals surface area contributed by atoms with Gasteiger partial charge in [-0.15, -0.1) is 24.0 Å². The van der Waals surface area contributed by atoms with Crippen molar-refractivity contribution in [3.63, 3.8) is 0 Å². The molecule has 2 N–H and O–H groups in total. The number of fused-ring (bicyclic) bond motifs is 1. The highest BCUT2D eigenvalue weighted by molar-refractivity contribution is 14.0. The lowest BCUT2D eigenvalue weighted by molar-refractivity contribution is -0.106. The molecule has 0 radical (unpaired) electrons. The highest BCUT2D eigenvalue weighted by Crippen LogP contribution is 2.52. The average Bonchev–Trinajstić information content (AvgIpc) is 3.00. The molecule has 4 nitrogen and oxygen atoms in total. The number of rotatable bonds is 4. The van der Waals surface area contributed by atoms with Crippen LogP contribution in [0.1, 0.15) is 38.3 Å². The van der Waals surface area contributed by atoms with E-state index in [1.807, 2.05) is 6.07 Å². The zero-order valence-electron chi connectivity index (χ0n) is 15.4. The molecule has 3 rings (SSSR count). The number of hydrogen-bond donors (Lipinski definition) is 2. The van der Waals surface area contributed by atoms with Gasteiger partial charge in [-0.25, -0.2) is 9.38 Å². The molecular formula is C19H29FIN3O. The Hall–Kier alpha value is -0.890. The molecule has 140 valence electrons. The summed E-state index contributed by atoms with van der Waals surface area (Å²) >= 11 is 0. The van der Waals surface area contributed by atoms with Gasteiger partial charge in [0.15, 0.2) is 5.96 Å². The van der Waals surface area contributed by atoms with E-state index in [9.17, 15) is 4.39 Å². The maximum atomic E-state index is 13.4. The molecule has 6 heteroatoms. The summed E-state index contributed by atoms with van der Waals surface area (Å²) in [5.41, 5.74) is 1.79. The van der Waals surface area contributed by atoms with E-state index in [1.165, 1.54) is 6.07 Å². The van der Waals surface area contributed by atoms with Gasteiger partial charge in [0, 0.05) is 30.5 Å². The van der Waals surface area contributed by atoms with E-state index >= 15 is 0 Å². The molecule has 0 aromatic heterocycles. The van der Waals surface area contributed by atoms with Gasteiger partial charge >= 0.3 is 0 Å². The molecule has 1 saturated heterocycles. The number of nitrogens with zero attached hydrogens (tertiary/aromatic N) is 1. The molecule has 3 unspecified atom stereocenters. The molecule has 25 heavy (non-hydrogen) atoms. The normalized spacial score (nSPS) is 27.1. The Kier molecular flexibility index (Phi) is 6.70. The average molecular weight is 461 g/mol. The minimum atomic E-state index is -0.170. The largest absolute Gasteiger partial charge is 0.377 e. The first kappa shape index (κ1) is 20.4. The van der Waals surface area contributed by atoms with E-state index in [4.69, 9.17) is 4.74 Å². The predicted octanol–water partition coefficient (Wildman–Crippen LogP) is 3.62. The van der Waals surface area contributed by atoms with Gasteiger partial charge in [-0.1, -0.05) is 26.0 Å². The minimum absolute atomic E-state index is 0. The number of aliphatic imine (C=N–C) groups is 1. The Morgan fingerprint density at radius 1 is 1.40 bits per heavy atom. The van der Waals surface area contributed by atoms with E-state index < -0.39 is 0 Å². The first-order valence-corrected chi connectivity index (χ1v) is 8.85. The highest BCUT2D eigenvalue weighted by atomic mass is 127. The molecule has 1 aromatic rings. The van der Waals surface area contributed by atoms with Crippen LogP contribution in [0.3, 0.4) is 0 Å². The van der Waals surface area contributed by atoms with E-state index in [-0.39, 0.29) is 35.2 Å². The molecule has 1 saturated carbocycles. The Morgan fingerprint density at radius 2 is 2.16 bits per heavy atom. The molecule has 1 aromatic carbocycles. The lowest BCUT2D eigenvalue weighted by Gasteiger charge is -2.54. The quantitative estimate of drug-likeness (QED) is 0.409. The van der Waals surface area contributed by atoms with Gasteiger partial charge in [-0.3, -0.25) is 0 Å². The molecule has 1 aliphatic heterocycles. The third-order valence-corrected chi connectivity index (χ3v) is 5.38. The standard InChI is InChI=1S/C19H28FN3O.HI/c1-5-21-18(22-11-13-6-7-15(20)12(2)10-13)23-16-14-8-9-24-17(14)19(16,3)4;/h6-7,10,14,16-17H,5,8-9,11H2,1-4H3,(H2,21,22,23);1H. The third-order valence-electron chi connectivity index (χ3n) is 5.38. The second-order valence-corrected chi connectivity index (χ2v) is 7.47. The van der Waals surface area contributed by atoms with E-state index in [2.05, 4.69) is 36.4 Å². The summed E-state index contributed by atoms with van der Waals surface area (Å²) in [5.74, 6) is 1.22. The minimum Gasteiger partial charge on any atom is -0.377 e. The van der Waals surface area contributed by atoms with Crippen molar-refractivity contribution < 1.29 is 9.13 Å². The van der Waals surface area contributed by atoms with Crippen LogP contribution < -0.4 is 10.6 Å². The number of hydrogen-bond acceptors (Lipinski definition) is 2. The Balaban J connectivity index is 0.00000225. The number of ether oxygens (including phenoxy) is 1. The third kappa shape index (κ3) is 4.10. The smallest absolute Gasteiger partial charge is 0.191 e. The van der Waals surface area contributed by atoms with Crippen LogP contribution in [-0.4, -0.2) is 31.3 Å². The fourth-order valence-electron chi connectivity index (χ4n) is 4.06. The van der Waals surface area contributed by atoms with Crippen molar-refractivity contribution >= 4 is 29.9 Å². The molecular weight excluding hydrogens is 432 g/mol. The van der Waals surface area contributed by atoms with Gasteiger partial charge in [-0.05, 0) is 37.5 Å². The fourth-order valence-corrected chi connectivity index (χ4v) is 4.06. The number of benzene rings is 1. The molecule has 1 heterocycles. The van der Waals surface area contributed by atoms with Crippen LogP contribution in [0.15, 0.2) is 23.2 Å². The number of aryl methyl sites for hydroxylation is 1. The van der Waals surface area contributed by atoms with Crippen LogP contribution in [0, 0.1) is 24.1 Å². The molecule has 2 aliphatic rings. The van der Waals surface area contributed by atoms with Crippen molar-refractivity contribution in [2.24, 2.45) is 16.3 Å². The lowest BCUT2D eigenvalue weighted by Crippen LogP contribution is -2.67. The summed E-state index contributed by atoms with van der Waals surface area (Å²) in [7, 11) is 0. The van der Waals surface area contributed by atoms with Crippen molar-refractivity contribution in [1.29, 1.82) is 0 Å². The molecule has 1 aliphatic carbocycles. The van der Waals surface area contributed by atoms with Gasteiger partial charge in [0.05, 0.1) is 12.6 Å². The molecule has 0 amide bonds. The monoisotopic (exact) mass is 461 g/mol. The van der Waals surface area contributed by atoms with Crippen LogP contribution in [-0.2, 0) is 11.3 Å². The van der Waals surface area contributed by atoms with Crippen molar-refractivity contribution in [1.82, 2.24) is 10.6 Å². The lowest BCUT2D eigenvalue weighted by atomic mass is 9.57. The second-order valence-electron chi connectivity index (χ2n) is 7.47. The Bertz CT molecular complexity index is 635. The van der Waals surface area contributed by atoms with E-state index in [1.54, 1.807) is 13.0 Å². The zero-order valence-corrected chi connectivity index (χ0v) is 17.8. The zero-order chi connectivity index (χ0) is 17.3.